The van der Waals surface area contributed by atoms with E-state index in [4.69, 9.17) is 5.11 Å². The smallest absolute Gasteiger partial charge is 0.160 e. The van der Waals surface area contributed by atoms with Gasteiger partial charge in [-0.2, -0.15) is 0 Å². The SMILES string of the molecule is CC.Oc1ccc2c(c1O)CCC2. The molecule has 1 aromatic rings. The molecule has 0 unspecified atom stereocenters. The van der Waals surface area contributed by atoms with Crippen LogP contribution < -0.4 is 0 Å². The Morgan fingerprint density at radius 2 is 1.77 bits per heavy atom. The lowest BCUT2D eigenvalue weighted by Gasteiger charge is -2.03. The van der Waals surface area contributed by atoms with Crippen LogP contribution in [0.25, 0.3) is 0 Å². The number of phenolic OH excluding ortho intramolecular Hbond substituents is 2. The van der Waals surface area contributed by atoms with Crippen LogP contribution in [-0.2, 0) is 12.8 Å². The topological polar surface area (TPSA) is 40.5 Å². The monoisotopic (exact) mass is 180 g/mol. The van der Waals surface area contributed by atoms with Gasteiger partial charge in [0.2, 0.25) is 0 Å². The van der Waals surface area contributed by atoms with Crippen LogP contribution in [0.1, 0.15) is 31.4 Å². The second-order valence-corrected chi connectivity index (χ2v) is 2.92. The lowest BCUT2D eigenvalue weighted by Crippen LogP contribution is -1.82. The Morgan fingerprint density at radius 3 is 2.46 bits per heavy atom. The fourth-order valence-electron chi connectivity index (χ4n) is 1.63. The normalized spacial score (nSPS) is 13.1. The molecule has 0 saturated carbocycles. The van der Waals surface area contributed by atoms with Crippen molar-refractivity contribution < 1.29 is 10.2 Å². The van der Waals surface area contributed by atoms with Crippen LogP contribution in [-0.4, -0.2) is 10.2 Å². The van der Waals surface area contributed by atoms with E-state index in [-0.39, 0.29) is 11.5 Å². The summed E-state index contributed by atoms with van der Waals surface area (Å²) in [6.07, 6.45) is 3.02. The third-order valence-corrected chi connectivity index (χ3v) is 2.23. The van der Waals surface area contributed by atoms with Crippen molar-refractivity contribution in [3.8, 4) is 11.5 Å². The van der Waals surface area contributed by atoms with Crippen molar-refractivity contribution in [1.29, 1.82) is 0 Å². The highest BCUT2D eigenvalue weighted by Crippen LogP contribution is 2.36. The molecule has 0 aliphatic heterocycles. The molecular formula is C11H16O2. The first-order chi connectivity index (χ1) is 6.29. The van der Waals surface area contributed by atoms with E-state index >= 15 is 0 Å². The number of aryl methyl sites for hydroxylation is 1. The molecule has 0 aromatic heterocycles. The Labute approximate surface area is 78.8 Å². The van der Waals surface area contributed by atoms with Gasteiger partial charge in [0, 0.05) is 5.56 Å². The van der Waals surface area contributed by atoms with Crippen LogP contribution in [0, 0.1) is 0 Å². The molecule has 13 heavy (non-hydrogen) atoms. The highest BCUT2D eigenvalue weighted by molar-refractivity contribution is 5.50. The van der Waals surface area contributed by atoms with E-state index < -0.39 is 0 Å². The van der Waals surface area contributed by atoms with Crippen LogP contribution in [0.15, 0.2) is 12.1 Å². The number of hydrogen-bond acceptors (Lipinski definition) is 2. The largest absolute Gasteiger partial charge is 0.504 e. The average molecular weight is 180 g/mol. The van der Waals surface area contributed by atoms with Crippen molar-refractivity contribution in [3.63, 3.8) is 0 Å². The summed E-state index contributed by atoms with van der Waals surface area (Å²) in [7, 11) is 0. The van der Waals surface area contributed by atoms with Gasteiger partial charge in [-0.1, -0.05) is 19.9 Å². The van der Waals surface area contributed by atoms with Gasteiger partial charge in [0.1, 0.15) is 0 Å². The zero-order valence-electron chi connectivity index (χ0n) is 8.17. The van der Waals surface area contributed by atoms with E-state index in [0.29, 0.717) is 0 Å². The van der Waals surface area contributed by atoms with Crippen LogP contribution in [0.5, 0.6) is 11.5 Å². The molecule has 1 aromatic carbocycles. The van der Waals surface area contributed by atoms with Crippen LogP contribution in [0.2, 0.25) is 0 Å². The van der Waals surface area contributed by atoms with Crippen molar-refractivity contribution in [2.45, 2.75) is 33.1 Å². The Hall–Kier alpha value is -1.18. The predicted molar refractivity (Wildman–Crippen MR) is 53.1 cm³/mol. The summed E-state index contributed by atoms with van der Waals surface area (Å²) in [5.74, 6) is 0.0886. The minimum absolute atomic E-state index is 0.00523. The van der Waals surface area contributed by atoms with Gasteiger partial charge < -0.3 is 10.2 Å². The Morgan fingerprint density at radius 1 is 1.08 bits per heavy atom. The number of hydrogen-bond donors (Lipinski definition) is 2. The summed E-state index contributed by atoms with van der Waals surface area (Å²) in [6, 6.07) is 3.44. The molecule has 2 nitrogen and oxygen atoms in total. The molecule has 1 aliphatic carbocycles. The fourth-order valence-corrected chi connectivity index (χ4v) is 1.63. The molecular weight excluding hydrogens is 164 g/mol. The van der Waals surface area contributed by atoms with Gasteiger partial charge in [-0.3, -0.25) is 0 Å². The molecule has 72 valence electrons. The summed E-state index contributed by atoms with van der Waals surface area (Å²) >= 11 is 0. The molecule has 0 fully saturated rings. The van der Waals surface area contributed by atoms with Gasteiger partial charge in [0.05, 0.1) is 0 Å². The number of benzene rings is 1. The predicted octanol–water partition coefficient (Wildman–Crippen LogP) is 2.61. The third-order valence-electron chi connectivity index (χ3n) is 2.23. The minimum Gasteiger partial charge on any atom is -0.504 e. The van der Waals surface area contributed by atoms with Gasteiger partial charge in [0.15, 0.2) is 11.5 Å². The zero-order chi connectivity index (χ0) is 9.84. The standard InChI is InChI=1S/C9H10O2.C2H6/c10-8-5-4-6-2-1-3-7(6)9(8)11;1-2/h4-5,10-11H,1-3H2;1-2H3. The molecule has 0 spiro atoms. The molecule has 1 aliphatic rings. The molecule has 0 atom stereocenters. The maximum Gasteiger partial charge on any atom is 0.160 e. The molecule has 2 heteroatoms. The third kappa shape index (κ3) is 1.77. The van der Waals surface area contributed by atoms with Gasteiger partial charge in [-0.15, -0.1) is 0 Å². The van der Waals surface area contributed by atoms with E-state index in [9.17, 15) is 5.11 Å². The Kier molecular flexibility index (Phi) is 3.18. The first-order valence-corrected chi connectivity index (χ1v) is 4.82. The maximum absolute atomic E-state index is 9.37. The molecule has 0 saturated heterocycles. The van der Waals surface area contributed by atoms with Gasteiger partial charge in [-0.05, 0) is 30.9 Å². The molecule has 2 rings (SSSR count). The summed E-state index contributed by atoms with van der Waals surface area (Å²) in [5.41, 5.74) is 2.12. The lowest BCUT2D eigenvalue weighted by molar-refractivity contribution is 0.400. The first kappa shape index (κ1) is 9.90. The molecule has 0 bridgehead atoms. The zero-order valence-corrected chi connectivity index (χ0v) is 8.17. The van der Waals surface area contributed by atoms with Gasteiger partial charge in [-0.25, -0.2) is 0 Å². The number of rotatable bonds is 0. The summed E-state index contributed by atoms with van der Waals surface area (Å²) in [4.78, 5) is 0. The van der Waals surface area contributed by atoms with Crippen molar-refractivity contribution in [1.82, 2.24) is 0 Å². The van der Waals surface area contributed by atoms with Crippen molar-refractivity contribution >= 4 is 0 Å². The van der Waals surface area contributed by atoms with Crippen LogP contribution in [0.4, 0.5) is 0 Å². The summed E-state index contributed by atoms with van der Waals surface area (Å²) < 4.78 is 0. The first-order valence-electron chi connectivity index (χ1n) is 4.82. The highest BCUT2D eigenvalue weighted by Gasteiger charge is 2.16. The second-order valence-electron chi connectivity index (χ2n) is 2.92. The van der Waals surface area contributed by atoms with Crippen molar-refractivity contribution in [3.05, 3.63) is 23.3 Å². The minimum atomic E-state index is 0.00523. The highest BCUT2D eigenvalue weighted by atomic mass is 16.3. The lowest BCUT2D eigenvalue weighted by atomic mass is 10.1. The van der Waals surface area contributed by atoms with E-state index in [1.54, 1.807) is 6.07 Å². The molecule has 0 radical (unpaired) electrons. The second kappa shape index (κ2) is 4.17. The van der Waals surface area contributed by atoms with Crippen molar-refractivity contribution in [2.75, 3.05) is 0 Å². The Balaban J connectivity index is 0.000000396. The summed E-state index contributed by atoms with van der Waals surface area (Å²) in [5, 5.41) is 18.5. The van der Waals surface area contributed by atoms with Crippen LogP contribution >= 0.6 is 0 Å². The van der Waals surface area contributed by atoms with E-state index in [2.05, 4.69) is 0 Å². The number of aromatic hydroxyl groups is 2. The average Bonchev–Trinajstić information content (AvgIpc) is 2.63. The number of phenols is 2. The molecule has 0 amide bonds. The number of fused-ring (bicyclic) bond motifs is 1. The maximum atomic E-state index is 9.37. The fraction of sp³-hybridized carbons (Fsp3) is 0.455. The van der Waals surface area contributed by atoms with Gasteiger partial charge >= 0.3 is 0 Å². The van der Waals surface area contributed by atoms with Crippen molar-refractivity contribution in [2.24, 2.45) is 0 Å². The quantitative estimate of drug-likeness (QED) is 0.602. The van der Waals surface area contributed by atoms with Gasteiger partial charge in [0.25, 0.3) is 0 Å². The van der Waals surface area contributed by atoms with E-state index in [0.717, 1.165) is 24.8 Å². The summed E-state index contributed by atoms with van der Waals surface area (Å²) in [6.45, 7) is 4.00. The van der Waals surface area contributed by atoms with E-state index in [1.807, 2.05) is 19.9 Å². The van der Waals surface area contributed by atoms with E-state index in [1.165, 1.54) is 5.56 Å². The van der Waals surface area contributed by atoms with Crippen LogP contribution in [0.3, 0.4) is 0 Å². The molecule has 2 N–H and O–H groups in total. The Bertz CT molecular complexity index is 292. The molecule has 0 heterocycles.